The lowest BCUT2D eigenvalue weighted by atomic mass is 9.95. The first-order valence-electron chi connectivity index (χ1n) is 5.51. The van der Waals surface area contributed by atoms with Crippen molar-refractivity contribution in [1.29, 1.82) is 0 Å². The van der Waals surface area contributed by atoms with Gasteiger partial charge in [0.2, 0.25) is 0 Å². The van der Waals surface area contributed by atoms with E-state index >= 15 is 0 Å². The van der Waals surface area contributed by atoms with Gasteiger partial charge in [0.1, 0.15) is 5.82 Å². The number of hydrogen-bond donors (Lipinski definition) is 2. The molecule has 0 atom stereocenters. The van der Waals surface area contributed by atoms with Gasteiger partial charge in [0.05, 0.1) is 0 Å². The van der Waals surface area contributed by atoms with Crippen LogP contribution in [0.4, 0.5) is 4.39 Å². The molecule has 0 aliphatic heterocycles. The number of aryl methyl sites for hydroxylation is 1. The van der Waals surface area contributed by atoms with E-state index in [9.17, 15) is 9.18 Å². The molecule has 4 heteroatoms. The molecule has 0 aromatic heterocycles. The molecular weight excluding hydrogens is 221 g/mol. The van der Waals surface area contributed by atoms with Gasteiger partial charge in [-0.05, 0) is 24.6 Å². The van der Waals surface area contributed by atoms with Crippen molar-refractivity contribution in [3.63, 3.8) is 0 Å². The van der Waals surface area contributed by atoms with Gasteiger partial charge in [0.15, 0.2) is 0 Å². The second-order valence-electron chi connectivity index (χ2n) is 4.97. The highest BCUT2D eigenvalue weighted by molar-refractivity contribution is 5.94. The van der Waals surface area contributed by atoms with Crippen LogP contribution in [0.2, 0.25) is 0 Å². The van der Waals surface area contributed by atoms with Crippen LogP contribution in [0.5, 0.6) is 0 Å². The van der Waals surface area contributed by atoms with Crippen molar-refractivity contribution in [3.05, 3.63) is 35.1 Å². The topological polar surface area (TPSA) is 49.3 Å². The van der Waals surface area contributed by atoms with E-state index in [1.54, 1.807) is 19.1 Å². The first-order valence-corrected chi connectivity index (χ1v) is 5.51. The number of hydrogen-bond acceptors (Lipinski definition) is 2. The Morgan fingerprint density at radius 3 is 2.65 bits per heavy atom. The maximum absolute atomic E-state index is 13.3. The molecule has 0 bridgehead atoms. The standard InChI is InChI=1S/C13H18FNO2/c1-9-4-5-10(6-11(9)14)12(17)15-7-13(2,3)8-16/h4-6,16H,7-8H2,1-3H3,(H,15,17). The highest BCUT2D eigenvalue weighted by atomic mass is 19.1. The number of aliphatic hydroxyl groups excluding tert-OH is 1. The van der Waals surface area contributed by atoms with E-state index in [-0.39, 0.29) is 23.7 Å². The lowest BCUT2D eigenvalue weighted by molar-refractivity contribution is 0.0910. The van der Waals surface area contributed by atoms with Crippen LogP contribution in [0, 0.1) is 18.2 Å². The molecule has 0 aliphatic rings. The molecule has 1 aromatic carbocycles. The summed E-state index contributed by atoms with van der Waals surface area (Å²) in [5, 5.41) is 11.7. The van der Waals surface area contributed by atoms with Gasteiger partial charge in [-0.2, -0.15) is 0 Å². The van der Waals surface area contributed by atoms with E-state index in [2.05, 4.69) is 5.32 Å². The summed E-state index contributed by atoms with van der Waals surface area (Å²) in [6.45, 7) is 5.64. The number of nitrogens with one attached hydrogen (secondary N) is 1. The molecule has 0 unspecified atom stereocenters. The zero-order chi connectivity index (χ0) is 13.1. The molecule has 0 radical (unpaired) electrons. The van der Waals surface area contributed by atoms with Crippen molar-refractivity contribution >= 4 is 5.91 Å². The van der Waals surface area contributed by atoms with Gasteiger partial charge >= 0.3 is 0 Å². The minimum atomic E-state index is -0.390. The Labute approximate surface area is 101 Å². The van der Waals surface area contributed by atoms with Gasteiger partial charge in [0, 0.05) is 24.1 Å². The Hall–Kier alpha value is -1.42. The smallest absolute Gasteiger partial charge is 0.251 e. The molecule has 0 saturated carbocycles. The second kappa shape index (κ2) is 5.27. The molecule has 1 amide bonds. The minimum Gasteiger partial charge on any atom is -0.396 e. The number of aliphatic hydroxyl groups is 1. The van der Waals surface area contributed by atoms with E-state index in [0.717, 1.165) is 0 Å². The molecule has 94 valence electrons. The third-order valence-corrected chi connectivity index (χ3v) is 2.59. The molecule has 0 heterocycles. The molecule has 3 nitrogen and oxygen atoms in total. The molecule has 1 rings (SSSR count). The molecule has 0 saturated heterocycles. The average Bonchev–Trinajstić information content (AvgIpc) is 2.30. The molecule has 0 fully saturated rings. The number of benzene rings is 1. The van der Waals surface area contributed by atoms with Gasteiger partial charge in [-0.3, -0.25) is 4.79 Å². The predicted octanol–water partition coefficient (Wildman–Crippen LogP) is 1.88. The third-order valence-electron chi connectivity index (χ3n) is 2.59. The zero-order valence-electron chi connectivity index (χ0n) is 10.4. The minimum absolute atomic E-state index is 0.0183. The van der Waals surface area contributed by atoms with Crippen LogP contribution in [0.3, 0.4) is 0 Å². The number of halogens is 1. The van der Waals surface area contributed by atoms with E-state index < -0.39 is 0 Å². The van der Waals surface area contributed by atoms with Gasteiger partial charge in [-0.25, -0.2) is 4.39 Å². The fourth-order valence-electron chi connectivity index (χ4n) is 1.21. The predicted molar refractivity (Wildman–Crippen MR) is 64.3 cm³/mol. The molecule has 0 spiro atoms. The van der Waals surface area contributed by atoms with Gasteiger partial charge in [-0.1, -0.05) is 19.9 Å². The van der Waals surface area contributed by atoms with Gasteiger partial charge in [0.25, 0.3) is 5.91 Å². The van der Waals surface area contributed by atoms with Gasteiger partial charge in [-0.15, -0.1) is 0 Å². The molecule has 0 aliphatic carbocycles. The molecule has 2 N–H and O–H groups in total. The highest BCUT2D eigenvalue weighted by Crippen LogP contribution is 2.13. The Kier molecular flexibility index (Phi) is 4.23. The summed E-state index contributed by atoms with van der Waals surface area (Å²) >= 11 is 0. The summed E-state index contributed by atoms with van der Waals surface area (Å²) < 4.78 is 13.3. The molecule has 17 heavy (non-hydrogen) atoms. The van der Waals surface area contributed by atoms with Crippen LogP contribution in [-0.2, 0) is 0 Å². The highest BCUT2D eigenvalue weighted by Gasteiger charge is 2.18. The number of rotatable bonds is 4. The fourth-order valence-corrected chi connectivity index (χ4v) is 1.21. The summed E-state index contributed by atoms with van der Waals surface area (Å²) in [6.07, 6.45) is 0. The summed E-state index contributed by atoms with van der Waals surface area (Å²) in [5.41, 5.74) is 0.429. The van der Waals surface area contributed by atoms with Crippen LogP contribution < -0.4 is 5.32 Å². The van der Waals surface area contributed by atoms with E-state index in [4.69, 9.17) is 5.11 Å². The second-order valence-corrected chi connectivity index (χ2v) is 4.97. The number of amides is 1. The first-order chi connectivity index (χ1) is 7.85. The molecular formula is C13H18FNO2. The van der Waals surface area contributed by atoms with Crippen molar-refractivity contribution in [2.75, 3.05) is 13.2 Å². The largest absolute Gasteiger partial charge is 0.396 e. The number of carbonyl (C=O) groups is 1. The van der Waals surface area contributed by atoms with E-state index in [1.165, 1.54) is 6.07 Å². The van der Waals surface area contributed by atoms with Crippen molar-refractivity contribution in [2.45, 2.75) is 20.8 Å². The van der Waals surface area contributed by atoms with Crippen LogP contribution in [0.15, 0.2) is 18.2 Å². The van der Waals surface area contributed by atoms with E-state index in [0.29, 0.717) is 17.7 Å². The van der Waals surface area contributed by atoms with Gasteiger partial charge < -0.3 is 10.4 Å². The zero-order valence-corrected chi connectivity index (χ0v) is 10.4. The monoisotopic (exact) mass is 239 g/mol. The Morgan fingerprint density at radius 1 is 1.47 bits per heavy atom. The lowest BCUT2D eigenvalue weighted by Crippen LogP contribution is -2.36. The third kappa shape index (κ3) is 3.82. The average molecular weight is 239 g/mol. The summed E-state index contributed by atoms with van der Waals surface area (Å²) in [5.74, 6) is -0.718. The summed E-state index contributed by atoms with van der Waals surface area (Å²) in [6, 6.07) is 4.37. The Balaban J connectivity index is 2.68. The number of carbonyl (C=O) groups excluding carboxylic acids is 1. The lowest BCUT2D eigenvalue weighted by Gasteiger charge is -2.21. The van der Waals surface area contributed by atoms with Crippen LogP contribution >= 0.6 is 0 Å². The Bertz CT molecular complexity index is 416. The van der Waals surface area contributed by atoms with Crippen molar-refractivity contribution < 1.29 is 14.3 Å². The first kappa shape index (κ1) is 13.6. The van der Waals surface area contributed by atoms with Crippen LogP contribution in [0.1, 0.15) is 29.8 Å². The van der Waals surface area contributed by atoms with Crippen LogP contribution in [-0.4, -0.2) is 24.2 Å². The van der Waals surface area contributed by atoms with Crippen molar-refractivity contribution in [1.82, 2.24) is 5.32 Å². The molecule has 1 aromatic rings. The fraction of sp³-hybridized carbons (Fsp3) is 0.462. The maximum Gasteiger partial charge on any atom is 0.251 e. The SMILES string of the molecule is Cc1ccc(C(=O)NCC(C)(C)CO)cc1F. The normalized spacial score (nSPS) is 11.4. The van der Waals surface area contributed by atoms with Crippen LogP contribution in [0.25, 0.3) is 0 Å². The van der Waals surface area contributed by atoms with Crippen molar-refractivity contribution in [3.8, 4) is 0 Å². The quantitative estimate of drug-likeness (QED) is 0.843. The van der Waals surface area contributed by atoms with Crippen molar-refractivity contribution in [2.24, 2.45) is 5.41 Å². The van der Waals surface area contributed by atoms with E-state index in [1.807, 2.05) is 13.8 Å². The summed E-state index contributed by atoms with van der Waals surface area (Å²) in [7, 11) is 0. The maximum atomic E-state index is 13.3. The Morgan fingerprint density at radius 2 is 2.12 bits per heavy atom. The summed E-state index contributed by atoms with van der Waals surface area (Å²) in [4.78, 5) is 11.7.